The van der Waals surface area contributed by atoms with Crippen molar-refractivity contribution < 1.29 is 24.4 Å². The zero-order valence-electron chi connectivity index (χ0n) is 24.8. The molecule has 46 heavy (non-hydrogen) atoms. The van der Waals surface area contributed by atoms with Crippen LogP contribution in [0, 0.1) is 10.1 Å². The molecule has 1 saturated heterocycles. The highest BCUT2D eigenvalue weighted by molar-refractivity contribution is 6.33. The SMILES string of the molecule is COc1ccccc1C1NOC(C)=C1C(=O)N1CCN(c2cc(N=C([O-])c3ccc(N4C=NNN4)cc3)c([N+](=O)[O-])cc2Cl)CC1. The van der Waals surface area contributed by atoms with E-state index < -0.39 is 22.6 Å². The number of carbonyl (C=O) groups excluding carboxylic acids is 1. The van der Waals surface area contributed by atoms with Crippen molar-refractivity contribution in [1.82, 2.24) is 21.4 Å². The number of allylic oxidation sites excluding steroid dienone is 1. The van der Waals surface area contributed by atoms with E-state index in [0.29, 0.717) is 54.6 Å². The Morgan fingerprint density at radius 3 is 2.54 bits per heavy atom. The Morgan fingerprint density at radius 2 is 1.87 bits per heavy atom. The van der Waals surface area contributed by atoms with Gasteiger partial charge in [-0.2, -0.15) is 5.10 Å². The number of hydrazine groups is 2. The first-order chi connectivity index (χ1) is 22.2. The number of nitrogens with one attached hydrogen (secondary N) is 3. The summed E-state index contributed by atoms with van der Waals surface area (Å²) in [6.07, 6.45) is 1.52. The minimum absolute atomic E-state index is 0.121. The highest BCUT2D eigenvalue weighted by Crippen LogP contribution is 2.40. The summed E-state index contributed by atoms with van der Waals surface area (Å²) in [6.45, 7) is 3.22. The van der Waals surface area contributed by atoms with Crippen LogP contribution < -0.4 is 36.3 Å². The molecule has 0 bridgehead atoms. The Balaban J connectivity index is 1.19. The van der Waals surface area contributed by atoms with Gasteiger partial charge >= 0.3 is 0 Å². The molecular formula is C30H29ClN9O6-. The Bertz CT molecular complexity index is 1760. The van der Waals surface area contributed by atoms with Crippen LogP contribution >= 0.6 is 11.6 Å². The Kier molecular flexibility index (Phi) is 8.61. The first kappa shape index (κ1) is 30.6. The molecule has 0 aliphatic carbocycles. The van der Waals surface area contributed by atoms with Gasteiger partial charge in [-0.05, 0) is 42.7 Å². The number of amides is 1. The number of anilines is 2. The molecule has 1 atom stereocenters. The minimum atomic E-state index is -0.653. The molecule has 16 heteroatoms. The molecule has 1 amide bonds. The number of piperazine rings is 1. The zero-order valence-corrected chi connectivity index (χ0v) is 25.5. The van der Waals surface area contributed by atoms with Crippen molar-refractivity contribution in [1.29, 1.82) is 0 Å². The molecule has 0 saturated carbocycles. The largest absolute Gasteiger partial charge is 0.858 e. The second kappa shape index (κ2) is 12.9. The molecule has 15 nitrogen and oxygen atoms in total. The van der Waals surface area contributed by atoms with Gasteiger partial charge in [0.2, 0.25) is 0 Å². The van der Waals surface area contributed by atoms with Crippen LogP contribution in [0.25, 0.3) is 0 Å². The van der Waals surface area contributed by atoms with E-state index in [4.69, 9.17) is 21.2 Å². The summed E-state index contributed by atoms with van der Waals surface area (Å²) in [5.41, 5.74) is 10.5. The predicted octanol–water partition coefficient (Wildman–Crippen LogP) is 2.67. The van der Waals surface area contributed by atoms with Gasteiger partial charge in [-0.3, -0.25) is 19.9 Å². The zero-order chi connectivity index (χ0) is 32.4. The molecule has 3 N–H and O–H groups in total. The lowest BCUT2D eigenvalue weighted by Gasteiger charge is -2.37. The van der Waals surface area contributed by atoms with Crippen molar-refractivity contribution in [3.05, 3.63) is 98.3 Å². The molecule has 1 unspecified atom stereocenters. The lowest BCUT2D eigenvalue weighted by atomic mass is 9.97. The number of halogens is 1. The van der Waals surface area contributed by atoms with Crippen molar-refractivity contribution in [2.24, 2.45) is 10.1 Å². The van der Waals surface area contributed by atoms with Crippen LogP contribution in [-0.2, 0) is 9.63 Å². The molecule has 3 aliphatic rings. The molecule has 3 aromatic rings. The van der Waals surface area contributed by atoms with Crippen LogP contribution in [0.5, 0.6) is 5.75 Å². The quantitative estimate of drug-likeness (QED) is 0.142. The van der Waals surface area contributed by atoms with E-state index in [1.807, 2.05) is 29.2 Å². The number of hydrogen-bond donors (Lipinski definition) is 3. The van der Waals surface area contributed by atoms with Gasteiger partial charge in [0.15, 0.2) is 0 Å². The molecule has 238 valence electrons. The number of benzene rings is 3. The standard InChI is InChI=1S/C30H30ClN9O6/c1-18-27(28(34-46-18)21-5-3-4-6-26(21)45-2)30(42)38-13-11-37(12-14-38)24-16-23(25(40(43)44)15-22(24)31)33-29(41)19-7-9-20(10-8-19)39-17-32-35-36-39/h3-10,15-17,28,34-36H,11-14H2,1-2H3,(H,33,41)/p-1. The van der Waals surface area contributed by atoms with E-state index in [1.54, 1.807) is 48.2 Å². The number of hydrogen-bond acceptors (Lipinski definition) is 13. The van der Waals surface area contributed by atoms with Gasteiger partial charge in [0.1, 0.15) is 29.6 Å². The van der Waals surface area contributed by atoms with Crippen LogP contribution in [0.2, 0.25) is 5.02 Å². The van der Waals surface area contributed by atoms with Crippen LogP contribution in [0.1, 0.15) is 24.1 Å². The first-order valence-corrected chi connectivity index (χ1v) is 14.6. The van der Waals surface area contributed by atoms with Crippen LogP contribution in [0.4, 0.5) is 22.7 Å². The van der Waals surface area contributed by atoms with Gasteiger partial charge in [-0.15, -0.1) is 11.0 Å². The van der Waals surface area contributed by atoms with Crippen LogP contribution in [0.3, 0.4) is 0 Å². The van der Waals surface area contributed by atoms with Gasteiger partial charge in [0.25, 0.3) is 11.6 Å². The second-order valence-corrected chi connectivity index (χ2v) is 10.9. The summed E-state index contributed by atoms with van der Waals surface area (Å²) in [7, 11) is 1.57. The van der Waals surface area contributed by atoms with E-state index in [2.05, 4.69) is 26.6 Å². The van der Waals surface area contributed by atoms with Crippen molar-refractivity contribution in [2.45, 2.75) is 13.0 Å². The number of methoxy groups -OCH3 is 1. The average molecular weight is 647 g/mol. The number of aliphatic imine (C=N–C) groups is 1. The molecule has 3 heterocycles. The lowest BCUT2D eigenvalue weighted by Crippen LogP contribution is -2.49. The van der Waals surface area contributed by atoms with Crippen molar-refractivity contribution in [3.8, 4) is 5.75 Å². The van der Waals surface area contributed by atoms with E-state index in [0.717, 1.165) is 5.56 Å². The minimum Gasteiger partial charge on any atom is -0.858 e. The number of hydroxylamine groups is 1. The van der Waals surface area contributed by atoms with E-state index >= 15 is 0 Å². The van der Waals surface area contributed by atoms with Gasteiger partial charge < -0.3 is 24.5 Å². The third-order valence-corrected chi connectivity index (χ3v) is 8.15. The molecule has 6 rings (SSSR count). The van der Waals surface area contributed by atoms with Gasteiger partial charge in [0.05, 0.1) is 34.0 Å². The molecule has 1 fully saturated rings. The van der Waals surface area contributed by atoms with Gasteiger partial charge in [-0.1, -0.05) is 41.9 Å². The summed E-state index contributed by atoms with van der Waals surface area (Å²) >= 11 is 6.53. The lowest BCUT2D eigenvalue weighted by molar-refractivity contribution is -0.384. The van der Waals surface area contributed by atoms with E-state index in [1.165, 1.54) is 18.5 Å². The molecule has 0 aromatic heterocycles. The maximum atomic E-state index is 13.7. The monoisotopic (exact) mass is 646 g/mol. The van der Waals surface area contributed by atoms with Crippen molar-refractivity contribution in [3.63, 3.8) is 0 Å². The Hall–Kier alpha value is -5.38. The summed E-state index contributed by atoms with van der Waals surface area (Å²) < 4.78 is 5.50. The van der Waals surface area contributed by atoms with Gasteiger partial charge in [-0.25, -0.2) is 10.5 Å². The molecular weight excluding hydrogens is 618 g/mol. The van der Waals surface area contributed by atoms with Crippen molar-refractivity contribution in [2.75, 3.05) is 43.2 Å². The summed E-state index contributed by atoms with van der Waals surface area (Å²) in [5, 5.41) is 30.5. The third-order valence-electron chi connectivity index (χ3n) is 7.85. The first-order valence-electron chi connectivity index (χ1n) is 14.2. The third kappa shape index (κ3) is 5.98. The highest BCUT2D eigenvalue weighted by Gasteiger charge is 2.37. The molecule has 0 spiro atoms. The number of rotatable bonds is 8. The second-order valence-electron chi connectivity index (χ2n) is 10.5. The fourth-order valence-corrected chi connectivity index (χ4v) is 5.75. The summed E-state index contributed by atoms with van der Waals surface area (Å²) in [6, 6.07) is 16.0. The van der Waals surface area contributed by atoms with E-state index in [-0.39, 0.29) is 22.2 Å². The number of nitrogens with zero attached hydrogens (tertiary/aromatic N) is 6. The number of nitro groups is 1. The molecule has 3 aliphatic heterocycles. The van der Waals surface area contributed by atoms with Crippen LogP contribution in [-0.4, -0.2) is 61.3 Å². The fourth-order valence-electron chi connectivity index (χ4n) is 5.47. The van der Waals surface area contributed by atoms with Gasteiger partial charge in [0, 0.05) is 37.8 Å². The maximum Gasteiger partial charge on any atom is 0.296 e. The topological polar surface area (TPSA) is 172 Å². The number of hydrazone groups is 1. The number of nitro benzene ring substituents is 1. The number of ether oxygens (including phenoxy) is 1. The van der Waals surface area contributed by atoms with Crippen LogP contribution in [0.15, 0.2) is 82.1 Å². The number of para-hydroxylation sites is 1. The summed E-state index contributed by atoms with van der Waals surface area (Å²) in [5.74, 6) is 0.278. The van der Waals surface area contributed by atoms with Crippen molar-refractivity contribution >= 4 is 52.5 Å². The maximum absolute atomic E-state index is 13.7. The Labute approximate surface area is 268 Å². The average Bonchev–Trinajstić information content (AvgIpc) is 3.75. The van der Waals surface area contributed by atoms with E-state index in [9.17, 15) is 20.0 Å². The highest BCUT2D eigenvalue weighted by atomic mass is 35.5. The smallest absolute Gasteiger partial charge is 0.296 e. The Morgan fingerprint density at radius 1 is 1.13 bits per heavy atom. The predicted molar refractivity (Wildman–Crippen MR) is 169 cm³/mol. The molecule has 3 aromatic carbocycles. The molecule has 0 radical (unpaired) electrons. The summed E-state index contributed by atoms with van der Waals surface area (Å²) in [4.78, 5) is 38.3. The fraction of sp³-hybridized carbons (Fsp3) is 0.233. The number of carbonyl (C=O) groups is 1. The normalized spacial score (nSPS) is 18.1.